The van der Waals surface area contributed by atoms with Crippen molar-refractivity contribution in [1.29, 1.82) is 0 Å². The number of ether oxygens (including phenoxy) is 1. The summed E-state index contributed by atoms with van der Waals surface area (Å²) < 4.78 is 5.71. The summed E-state index contributed by atoms with van der Waals surface area (Å²) in [5, 5.41) is 0.892. The van der Waals surface area contributed by atoms with Gasteiger partial charge in [0.1, 0.15) is 0 Å². The second-order valence-electron chi connectivity index (χ2n) is 4.86. The van der Waals surface area contributed by atoms with Crippen molar-refractivity contribution >= 4 is 31.3 Å². The van der Waals surface area contributed by atoms with Crippen LogP contribution in [-0.2, 0) is 14.9 Å². The molecule has 1 aromatic carbocycles. The Hall–Kier alpha value is -1.97. The molecule has 0 aliphatic rings. The first-order valence-corrected chi connectivity index (χ1v) is 9.58. The van der Waals surface area contributed by atoms with Gasteiger partial charge in [0, 0.05) is 0 Å². The number of aromatic nitrogens is 1. The Morgan fingerprint density at radius 1 is 1.09 bits per heavy atom. The molecule has 0 spiro atoms. The zero-order chi connectivity index (χ0) is 16.5. The summed E-state index contributed by atoms with van der Waals surface area (Å²) in [5.41, 5.74) is 1.87. The first kappa shape index (κ1) is 17.4. The molecule has 1 heterocycles. The van der Waals surface area contributed by atoms with E-state index in [4.69, 9.17) is 4.74 Å². The number of carbonyl (C=O) groups excluding carboxylic acids is 2. The van der Waals surface area contributed by atoms with Crippen molar-refractivity contribution in [2.45, 2.75) is 25.1 Å². The molecule has 2 aromatic rings. The predicted octanol–water partition coefficient (Wildman–Crippen LogP) is 2.14. The van der Waals surface area contributed by atoms with E-state index in [1.807, 2.05) is 18.2 Å². The minimum atomic E-state index is -0.332. The number of ketones is 1. The van der Waals surface area contributed by atoms with Crippen LogP contribution in [0.2, 0.25) is 0 Å². The van der Waals surface area contributed by atoms with Crippen LogP contribution in [-0.4, -0.2) is 38.3 Å². The van der Waals surface area contributed by atoms with Crippen molar-refractivity contribution in [3.05, 3.63) is 59.8 Å². The molecule has 0 amide bonds. The predicted molar refractivity (Wildman–Crippen MR) is 90.0 cm³/mol. The molecule has 2 rings (SSSR count). The van der Waals surface area contributed by atoms with E-state index in [0.29, 0.717) is 12.2 Å². The van der Waals surface area contributed by atoms with E-state index in [9.17, 15) is 9.59 Å². The van der Waals surface area contributed by atoms with Gasteiger partial charge >= 0.3 is 142 Å². The molecular weight excluding hydrogens is 357 g/mol. The third-order valence-electron chi connectivity index (χ3n) is 3.15. The maximum atomic E-state index is 12.3. The third-order valence-corrected chi connectivity index (χ3v) is 5.41. The number of carbonyl (C=O) groups is 2. The van der Waals surface area contributed by atoms with E-state index in [-0.39, 0.29) is 39.6 Å². The van der Waals surface area contributed by atoms with Gasteiger partial charge in [-0.05, 0) is 0 Å². The number of benzene rings is 1. The van der Waals surface area contributed by atoms with Crippen LogP contribution in [0.4, 0.5) is 0 Å². The zero-order valence-corrected chi connectivity index (χ0v) is 14.7. The van der Waals surface area contributed by atoms with Crippen molar-refractivity contribution in [1.82, 2.24) is 4.98 Å². The number of nitrogens with zero attached hydrogens (tertiary/aromatic N) is 1. The zero-order valence-electron chi connectivity index (χ0n) is 13.0. The molecule has 0 atom stereocenters. The number of hydrogen-bond acceptors (Lipinski definition) is 4. The Morgan fingerprint density at radius 3 is 2.61 bits per heavy atom. The topological polar surface area (TPSA) is 56.3 Å². The summed E-state index contributed by atoms with van der Waals surface area (Å²) in [6, 6.07) is 13.7. The van der Waals surface area contributed by atoms with Gasteiger partial charge in [-0.15, -0.1) is 0 Å². The van der Waals surface area contributed by atoms with Crippen LogP contribution in [0, 0.1) is 0 Å². The third kappa shape index (κ3) is 5.62. The molecule has 0 aliphatic carbocycles. The minimum absolute atomic E-state index is 0.0453. The monoisotopic (exact) mass is 377 g/mol. The van der Waals surface area contributed by atoms with Crippen molar-refractivity contribution in [2.75, 3.05) is 6.61 Å². The number of rotatable bonds is 8. The van der Waals surface area contributed by atoms with Crippen LogP contribution in [0.1, 0.15) is 35.7 Å². The van der Waals surface area contributed by atoms with Crippen LogP contribution < -0.4 is 4.59 Å². The molecule has 0 saturated heterocycles. The van der Waals surface area contributed by atoms with Crippen molar-refractivity contribution < 1.29 is 14.3 Å². The van der Waals surface area contributed by atoms with Crippen molar-refractivity contribution in [3.8, 4) is 0 Å². The van der Waals surface area contributed by atoms with E-state index < -0.39 is 0 Å². The summed E-state index contributed by atoms with van der Waals surface area (Å²) in [6.07, 6.45) is 2.00. The fraction of sp³-hybridized carbons (Fsp3) is 0.278. The van der Waals surface area contributed by atoms with Crippen LogP contribution in [0.25, 0.3) is 0 Å². The number of pyridine rings is 1. The van der Waals surface area contributed by atoms with Gasteiger partial charge in [-0.2, -0.15) is 0 Å². The van der Waals surface area contributed by atoms with Crippen LogP contribution in [0.5, 0.6) is 0 Å². The van der Waals surface area contributed by atoms with Crippen LogP contribution in [0.3, 0.4) is 0 Å². The summed E-state index contributed by atoms with van der Waals surface area (Å²) in [4.78, 5) is 28.1. The number of esters is 1. The molecule has 120 valence electrons. The SMILES string of the molecule is CCOC(=O)CCC(=O)c1cccnc1[Se]Cc1ccccc1. The Morgan fingerprint density at radius 2 is 1.87 bits per heavy atom. The molecule has 0 saturated carbocycles. The van der Waals surface area contributed by atoms with E-state index in [0.717, 1.165) is 9.91 Å². The van der Waals surface area contributed by atoms with E-state index >= 15 is 0 Å². The molecule has 4 nitrogen and oxygen atoms in total. The maximum absolute atomic E-state index is 12.3. The first-order valence-electron chi connectivity index (χ1n) is 7.51. The van der Waals surface area contributed by atoms with Gasteiger partial charge in [0.25, 0.3) is 0 Å². The molecular formula is C18H19NO3Se. The van der Waals surface area contributed by atoms with Gasteiger partial charge in [-0.1, -0.05) is 0 Å². The van der Waals surface area contributed by atoms with Gasteiger partial charge in [-0.3, -0.25) is 0 Å². The van der Waals surface area contributed by atoms with Crippen LogP contribution >= 0.6 is 0 Å². The molecule has 0 unspecified atom stereocenters. The molecule has 5 heteroatoms. The molecule has 0 N–H and O–H groups in total. The van der Waals surface area contributed by atoms with Gasteiger partial charge in [0.05, 0.1) is 0 Å². The van der Waals surface area contributed by atoms with E-state index in [2.05, 4.69) is 17.1 Å². The van der Waals surface area contributed by atoms with E-state index in [1.165, 1.54) is 5.56 Å². The van der Waals surface area contributed by atoms with Gasteiger partial charge in [0.15, 0.2) is 0 Å². The number of hydrogen-bond donors (Lipinski definition) is 0. The normalized spacial score (nSPS) is 10.3. The summed E-state index contributed by atoms with van der Waals surface area (Å²) in [5.74, 6) is -0.378. The fourth-order valence-corrected chi connectivity index (χ4v) is 4.06. The van der Waals surface area contributed by atoms with Gasteiger partial charge in [0.2, 0.25) is 0 Å². The Balaban J connectivity index is 1.99. The first-order chi connectivity index (χ1) is 11.2. The van der Waals surface area contributed by atoms with Crippen molar-refractivity contribution in [2.24, 2.45) is 0 Å². The Bertz CT molecular complexity index is 658. The molecule has 0 aliphatic heterocycles. The molecule has 0 radical (unpaired) electrons. The standard InChI is InChI=1S/C18H19NO3Se/c1-2-22-17(21)11-10-16(20)15-9-6-12-19-18(15)23-13-14-7-4-3-5-8-14/h3-9,12H,2,10-11,13H2,1H3. The number of Topliss-reactive ketones (excluding diaryl/α,β-unsaturated/α-hetero) is 1. The molecule has 0 fully saturated rings. The van der Waals surface area contributed by atoms with E-state index in [1.54, 1.807) is 25.3 Å². The average molecular weight is 376 g/mol. The fourth-order valence-electron chi connectivity index (χ4n) is 2.03. The second-order valence-corrected chi connectivity index (χ2v) is 6.88. The quantitative estimate of drug-likeness (QED) is 0.402. The summed E-state index contributed by atoms with van der Waals surface area (Å²) >= 11 is 0.0809. The van der Waals surface area contributed by atoms with Gasteiger partial charge < -0.3 is 0 Å². The Kier molecular flexibility index (Phi) is 6.98. The average Bonchev–Trinajstić information content (AvgIpc) is 2.59. The summed E-state index contributed by atoms with van der Waals surface area (Å²) in [6.45, 7) is 2.09. The molecule has 0 bridgehead atoms. The Labute approximate surface area is 142 Å². The van der Waals surface area contributed by atoms with Crippen molar-refractivity contribution in [3.63, 3.8) is 0 Å². The molecule has 23 heavy (non-hydrogen) atoms. The van der Waals surface area contributed by atoms with Crippen LogP contribution in [0.15, 0.2) is 48.7 Å². The second kappa shape index (κ2) is 9.23. The summed E-state index contributed by atoms with van der Waals surface area (Å²) in [7, 11) is 0. The molecule has 1 aromatic heterocycles. The van der Waals surface area contributed by atoms with Gasteiger partial charge in [-0.25, -0.2) is 0 Å².